The molecular weight excluding hydrogens is 422 g/mol. The smallest absolute Gasteiger partial charge is 0.297 e. The number of hydrogen-bond donors (Lipinski definition) is 1. The number of rotatable bonds is 7. The first kappa shape index (κ1) is 22.1. The number of fused-ring (bicyclic) bond motifs is 3. The van der Waals surface area contributed by atoms with Gasteiger partial charge in [0.2, 0.25) is 11.5 Å². The summed E-state index contributed by atoms with van der Waals surface area (Å²) in [6.45, 7) is 8.63. The minimum atomic E-state index is -0.201. The molecule has 7 heteroatoms. The minimum absolute atomic E-state index is 0.126. The molecule has 0 radical (unpaired) electrons. The minimum Gasteiger partial charge on any atom is -0.448 e. The molecule has 1 N–H and O–H groups in total. The van der Waals surface area contributed by atoms with Gasteiger partial charge in [-0.1, -0.05) is 54.9 Å². The molecule has 2 heterocycles. The predicted molar refractivity (Wildman–Crippen MR) is 131 cm³/mol. The number of nitrogens with one attached hydrogen (secondary N) is 1. The highest BCUT2D eigenvalue weighted by molar-refractivity contribution is 7.99. The highest BCUT2D eigenvalue weighted by Gasteiger charge is 2.18. The van der Waals surface area contributed by atoms with Crippen LogP contribution in [0.3, 0.4) is 0 Å². The van der Waals surface area contributed by atoms with Crippen molar-refractivity contribution < 1.29 is 9.21 Å². The fraction of sp³-hybridized carbons (Fsp3) is 0.320. The summed E-state index contributed by atoms with van der Waals surface area (Å²) in [5.41, 5.74) is 5.32. The number of carbonyl (C=O) groups excluding carboxylic acids is 1. The number of aryl methyl sites for hydroxylation is 3. The Hall–Kier alpha value is -3.06. The zero-order chi connectivity index (χ0) is 22.8. The number of carbonyl (C=O) groups is 1. The molecule has 2 aromatic heterocycles. The van der Waals surface area contributed by atoms with Crippen molar-refractivity contribution in [3.05, 3.63) is 63.4 Å². The maximum atomic E-state index is 13.2. The van der Waals surface area contributed by atoms with Crippen LogP contribution in [0, 0.1) is 20.8 Å². The van der Waals surface area contributed by atoms with E-state index in [0.717, 1.165) is 40.6 Å². The van der Waals surface area contributed by atoms with Gasteiger partial charge in [0.05, 0.1) is 5.75 Å². The van der Waals surface area contributed by atoms with Gasteiger partial charge in [0.1, 0.15) is 11.1 Å². The largest absolute Gasteiger partial charge is 0.448 e. The maximum absolute atomic E-state index is 13.2. The number of anilines is 1. The second-order valence-corrected chi connectivity index (χ2v) is 9.03. The van der Waals surface area contributed by atoms with Gasteiger partial charge in [-0.05, 0) is 50.5 Å². The van der Waals surface area contributed by atoms with Gasteiger partial charge in [-0.2, -0.15) is 0 Å². The molecule has 0 fully saturated rings. The topological polar surface area (TPSA) is 77.1 Å². The fourth-order valence-corrected chi connectivity index (χ4v) is 4.78. The Morgan fingerprint density at radius 3 is 2.59 bits per heavy atom. The van der Waals surface area contributed by atoms with Gasteiger partial charge in [-0.25, -0.2) is 4.98 Å². The summed E-state index contributed by atoms with van der Waals surface area (Å²) in [6, 6.07) is 11.6. The van der Waals surface area contributed by atoms with Crippen LogP contribution in [0.15, 0.2) is 50.8 Å². The number of benzene rings is 2. The van der Waals surface area contributed by atoms with Crippen molar-refractivity contribution >= 4 is 45.4 Å². The number of hydrogen-bond acceptors (Lipinski definition) is 5. The lowest BCUT2D eigenvalue weighted by molar-refractivity contribution is -0.113. The van der Waals surface area contributed by atoms with Gasteiger partial charge in [0, 0.05) is 17.6 Å². The molecule has 0 aliphatic rings. The van der Waals surface area contributed by atoms with Crippen LogP contribution in [0.5, 0.6) is 0 Å². The average Bonchev–Trinajstić information content (AvgIpc) is 3.13. The van der Waals surface area contributed by atoms with Crippen LogP contribution in [-0.2, 0) is 11.3 Å². The van der Waals surface area contributed by atoms with Crippen LogP contribution < -0.4 is 10.9 Å². The number of nitrogens with zero attached hydrogens (tertiary/aromatic N) is 2. The molecule has 6 nitrogen and oxygen atoms in total. The normalized spacial score (nSPS) is 11.4. The maximum Gasteiger partial charge on any atom is 0.297 e. The van der Waals surface area contributed by atoms with Crippen molar-refractivity contribution in [3.63, 3.8) is 0 Å². The summed E-state index contributed by atoms with van der Waals surface area (Å²) in [6.07, 6.45) is 1.79. The molecule has 0 spiro atoms. The van der Waals surface area contributed by atoms with E-state index < -0.39 is 0 Å². The summed E-state index contributed by atoms with van der Waals surface area (Å²) >= 11 is 1.28. The predicted octanol–water partition coefficient (Wildman–Crippen LogP) is 5.60. The first-order valence-corrected chi connectivity index (χ1v) is 11.8. The van der Waals surface area contributed by atoms with E-state index >= 15 is 0 Å². The van der Waals surface area contributed by atoms with Gasteiger partial charge in [-0.3, -0.25) is 14.2 Å². The first-order chi connectivity index (χ1) is 15.4. The second-order valence-electron chi connectivity index (χ2n) is 8.09. The molecule has 0 saturated carbocycles. The van der Waals surface area contributed by atoms with E-state index in [1.807, 2.05) is 45.0 Å². The highest BCUT2D eigenvalue weighted by atomic mass is 32.2. The van der Waals surface area contributed by atoms with E-state index in [-0.39, 0.29) is 22.8 Å². The second kappa shape index (κ2) is 9.20. The molecule has 0 aliphatic carbocycles. The molecular formula is C25H27N3O3S. The molecule has 1 amide bonds. The van der Waals surface area contributed by atoms with E-state index in [1.54, 1.807) is 4.57 Å². The molecule has 0 aliphatic heterocycles. The fourth-order valence-electron chi connectivity index (χ4n) is 3.96. The Bertz CT molecular complexity index is 1350. The van der Waals surface area contributed by atoms with Gasteiger partial charge in [0.15, 0.2) is 5.16 Å². The first-order valence-electron chi connectivity index (χ1n) is 10.8. The van der Waals surface area contributed by atoms with Gasteiger partial charge < -0.3 is 9.73 Å². The van der Waals surface area contributed by atoms with Gasteiger partial charge >= 0.3 is 0 Å². The van der Waals surface area contributed by atoms with Crippen molar-refractivity contribution in [1.82, 2.24) is 9.55 Å². The highest BCUT2D eigenvalue weighted by Crippen LogP contribution is 2.28. The van der Waals surface area contributed by atoms with Crippen molar-refractivity contribution in [3.8, 4) is 0 Å². The number of aromatic nitrogens is 2. The van der Waals surface area contributed by atoms with Crippen LogP contribution in [0.25, 0.3) is 22.1 Å². The van der Waals surface area contributed by atoms with E-state index in [9.17, 15) is 9.59 Å². The van der Waals surface area contributed by atoms with Gasteiger partial charge in [0.25, 0.3) is 5.56 Å². The van der Waals surface area contributed by atoms with Crippen LogP contribution >= 0.6 is 11.8 Å². The molecule has 166 valence electrons. The van der Waals surface area contributed by atoms with Crippen LogP contribution in [-0.4, -0.2) is 21.2 Å². The summed E-state index contributed by atoms with van der Waals surface area (Å²) < 4.78 is 7.45. The van der Waals surface area contributed by atoms with Crippen molar-refractivity contribution in [1.29, 1.82) is 0 Å². The molecule has 32 heavy (non-hydrogen) atoms. The zero-order valence-electron chi connectivity index (χ0n) is 18.8. The average molecular weight is 450 g/mol. The molecule has 0 bridgehead atoms. The lowest BCUT2D eigenvalue weighted by Gasteiger charge is -2.14. The number of unbranched alkanes of at least 4 members (excludes halogenated alkanes) is 1. The van der Waals surface area contributed by atoms with Crippen LogP contribution in [0.4, 0.5) is 5.69 Å². The van der Waals surface area contributed by atoms with E-state index in [0.29, 0.717) is 22.8 Å². The standard InChI is InChI=1S/C25H27N3O3S/c1-5-6-11-28-24(30)23-22(18-9-7-8-10-19(18)31-23)27-25(28)32-14-20(29)26-21-16(3)12-15(2)13-17(21)4/h7-10,12-13H,5-6,11,14H2,1-4H3,(H,26,29). The number of furan rings is 1. The summed E-state index contributed by atoms with van der Waals surface area (Å²) in [7, 11) is 0. The molecule has 0 unspecified atom stereocenters. The molecule has 4 aromatic rings. The Labute approximate surface area is 191 Å². The Balaban J connectivity index is 1.65. The van der Waals surface area contributed by atoms with E-state index in [2.05, 4.69) is 24.4 Å². The van der Waals surface area contributed by atoms with E-state index in [4.69, 9.17) is 9.40 Å². The summed E-state index contributed by atoms with van der Waals surface area (Å²) in [4.78, 5) is 30.7. The third kappa shape index (κ3) is 4.30. The SMILES string of the molecule is CCCCn1c(SCC(=O)Nc2c(C)cc(C)cc2C)nc2c(oc3ccccc32)c1=O. The zero-order valence-corrected chi connectivity index (χ0v) is 19.6. The Morgan fingerprint density at radius 1 is 1.16 bits per heavy atom. The van der Waals surface area contributed by atoms with Crippen molar-refractivity contribution in [2.45, 2.75) is 52.2 Å². The van der Waals surface area contributed by atoms with Crippen LogP contribution in [0.1, 0.15) is 36.5 Å². The third-order valence-corrected chi connectivity index (χ3v) is 6.43. The molecule has 4 rings (SSSR count). The van der Waals surface area contributed by atoms with Gasteiger partial charge in [-0.15, -0.1) is 0 Å². The Kier molecular flexibility index (Phi) is 6.37. The molecule has 0 saturated heterocycles. The van der Waals surface area contributed by atoms with Crippen molar-refractivity contribution in [2.24, 2.45) is 0 Å². The number of para-hydroxylation sites is 1. The van der Waals surface area contributed by atoms with Crippen molar-refractivity contribution in [2.75, 3.05) is 11.1 Å². The lowest BCUT2D eigenvalue weighted by atomic mass is 10.1. The number of amides is 1. The number of thioether (sulfide) groups is 1. The lowest BCUT2D eigenvalue weighted by Crippen LogP contribution is -2.24. The third-order valence-electron chi connectivity index (χ3n) is 5.46. The summed E-state index contributed by atoms with van der Waals surface area (Å²) in [5, 5.41) is 4.36. The molecule has 2 aromatic carbocycles. The van der Waals surface area contributed by atoms with E-state index in [1.165, 1.54) is 11.8 Å². The summed E-state index contributed by atoms with van der Waals surface area (Å²) in [5.74, 6) is 0.0329. The van der Waals surface area contributed by atoms with Crippen LogP contribution in [0.2, 0.25) is 0 Å². The molecule has 0 atom stereocenters. The monoisotopic (exact) mass is 449 g/mol. The quantitative estimate of drug-likeness (QED) is 0.294. The Morgan fingerprint density at radius 2 is 1.88 bits per heavy atom.